The molecule has 0 saturated carbocycles. The van der Waals surface area contributed by atoms with Crippen molar-refractivity contribution in [2.45, 2.75) is 31.9 Å². The molecule has 0 aromatic rings. The number of hydrogen-bond acceptors (Lipinski definition) is 3. The summed E-state index contributed by atoms with van der Waals surface area (Å²) in [5, 5.41) is 3.65. The van der Waals surface area contributed by atoms with E-state index in [1.807, 2.05) is 6.92 Å². The largest absolute Gasteiger partial charge is 0.304 e. The van der Waals surface area contributed by atoms with Crippen LogP contribution in [0.4, 0.5) is 0 Å². The fourth-order valence-electron chi connectivity index (χ4n) is 1.08. The minimum absolute atomic E-state index is 0.0975. The molecule has 1 atom stereocenters. The highest BCUT2D eigenvalue weighted by Gasteiger charge is 2.28. The summed E-state index contributed by atoms with van der Waals surface area (Å²) >= 11 is 1.56. The van der Waals surface area contributed by atoms with E-state index in [2.05, 4.69) is 17.2 Å². The molecule has 0 bridgehead atoms. The Labute approximate surface area is 77.0 Å². The predicted octanol–water partition coefficient (Wildman–Crippen LogP) is 1.39. The third kappa shape index (κ3) is 2.24. The second-order valence-electron chi connectivity index (χ2n) is 2.66. The lowest BCUT2D eigenvalue weighted by molar-refractivity contribution is -0.118. The number of thioether (sulfide) groups is 1. The van der Waals surface area contributed by atoms with Gasteiger partial charge in [0, 0.05) is 6.54 Å². The first-order valence-corrected chi connectivity index (χ1v) is 5.17. The third-order valence-corrected chi connectivity index (χ3v) is 2.82. The molecule has 1 fully saturated rings. The zero-order valence-corrected chi connectivity index (χ0v) is 8.28. The number of amides is 1. The van der Waals surface area contributed by atoms with Crippen LogP contribution in [-0.4, -0.2) is 22.9 Å². The van der Waals surface area contributed by atoms with Crippen LogP contribution >= 0.6 is 11.8 Å². The summed E-state index contributed by atoms with van der Waals surface area (Å²) in [5.41, 5.74) is 0. The number of rotatable bonds is 3. The van der Waals surface area contributed by atoms with Crippen LogP contribution in [0.3, 0.4) is 0 Å². The van der Waals surface area contributed by atoms with E-state index in [0.717, 1.165) is 24.6 Å². The normalized spacial score (nSPS) is 26.3. The highest BCUT2D eigenvalue weighted by molar-refractivity contribution is 8.15. The summed E-state index contributed by atoms with van der Waals surface area (Å²) < 4.78 is 0. The number of nitrogens with zero attached hydrogens (tertiary/aromatic N) is 1. The van der Waals surface area contributed by atoms with Crippen LogP contribution in [0.25, 0.3) is 0 Å². The summed E-state index contributed by atoms with van der Waals surface area (Å²) in [6.07, 6.45) is 1.99. The van der Waals surface area contributed by atoms with E-state index in [1.54, 1.807) is 11.8 Å². The highest BCUT2D eigenvalue weighted by atomic mass is 32.2. The first-order chi connectivity index (χ1) is 5.77. The summed E-state index contributed by atoms with van der Waals surface area (Å²) in [6.45, 7) is 4.79. The quantitative estimate of drug-likeness (QED) is 0.723. The first-order valence-electron chi connectivity index (χ1n) is 4.29. The van der Waals surface area contributed by atoms with Gasteiger partial charge in [-0.15, -0.1) is 0 Å². The molecule has 0 aliphatic carbocycles. The Kier molecular flexibility index (Phi) is 3.59. The van der Waals surface area contributed by atoms with Gasteiger partial charge in [0.05, 0.1) is 5.25 Å². The molecular weight excluding hydrogens is 172 g/mol. The fraction of sp³-hybridized carbons (Fsp3) is 0.750. The molecule has 4 heteroatoms. The average Bonchev–Trinajstić information content (AvgIpc) is 2.34. The predicted molar refractivity (Wildman–Crippen MR) is 52.4 cm³/mol. The summed E-state index contributed by atoms with van der Waals surface area (Å²) in [7, 11) is 0. The van der Waals surface area contributed by atoms with E-state index in [1.165, 1.54) is 0 Å². The summed E-state index contributed by atoms with van der Waals surface area (Å²) in [6, 6.07) is 0. The van der Waals surface area contributed by atoms with Crippen LogP contribution in [0.1, 0.15) is 26.7 Å². The molecule has 12 heavy (non-hydrogen) atoms. The van der Waals surface area contributed by atoms with Crippen molar-refractivity contribution in [2.24, 2.45) is 4.99 Å². The molecule has 0 radical (unpaired) electrons. The number of amidine groups is 1. The summed E-state index contributed by atoms with van der Waals surface area (Å²) in [4.78, 5) is 15.4. The van der Waals surface area contributed by atoms with Gasteiger partial charge in [0.15, 0.2) is 5.17 Å². The number of carbonyl (C=O) groups excluding carboxylic acids is 1. The van der Waals surface area contributed by atoms with Gasteiger partial charge in [0.25, 0.3) is 0 Å². The third-order valence-electron chi connectivity index (χ3n) is 1.63. The Morgan fingerprint density at radius 2 is 2.33 bits per heavy atom. The van der Waals surface area contributed by atoms with Crippen LogP contribution in [0.5, 0.6) is 0 Å². The van der Waals surface area contributed by atoms with Crippen molar-refractivity contribution in [3.63, 3.8) is 0 Å². The van der Waals surface area contributed by atoms with Gasteiger partial charge in [-0.1, -0.05) is 25.1 Å². The maximum absolute atomic E-state index is 11.2. The zero-order chi connectivity index (χ0) is 8.97. The van der Waals surface area contributed by atoms with Crippen LogP contribution < -0.4 is 5.32 Å². The number of nitrogens with one attached hydrogen (secondary N) is 1. The van der Waals surface area contributed by atoms with Crippen LogP contribution in [0.2, 0.25) is 0 Å². The molecule has 0 aromatic carbocycles. The summed E-state index contributed by atoms with van der Waals surface area (Å²) in [5.74, 6) is 0.119. The van der Waals surface area contributed by atoms with Gasteiger partial charge in [-0.2, -0.15) is 0 Å². The minimum atomic E-state index is 0.0975. The van der Waals surface area contributed by atoms with Gasteiger partial charge < -0.3 is 5.32 Å². The van der Waals surface area contributed by atoms with E-state index in [-0.39, 0.29) is 11.2 Å². The SMILES string of the molecule is CCCC1SC(=NCC)NC1=O. The van der Waals surface area contributed by atoms with Gasteiger partial charge in [-0.05, 0) is 13.3 Å². The van der Waals surface area contributed by atoms with Crippen molar-refractivity contribution in [1.82, 2.24) is 5.32 Å². The number of carbonyl (C=O) groups is 1. The van der Waals surface area contributed by atoms with Crippen molar-refractivity contribution < 1.29 is 4.79 Å². The van der Waals surface area contributed by atoms with Crippen LogP contribution in [0.15, 0.2) is 4.99 Å². The molecule has 1 aliphatic heterocycles. The number of aliphatic imine (C=N–C) groups is 1. The molecule has 1 N–H and O–H groups in total. The van der Waals surface area contributed by atoms with Crippen molar-refractivity contribution >= 4 is 22.8 Å². The van der Waals surface area contributed by atoms with Crippen LogP contribution in [0, 0.1) is 0 Å². The maximum atomic E-state index is 11.2. The van der Waals surface area contributed by atoms with E-state index < -0.39 is 0 Å². The Morgan fingerprint density at radius 3 is 2.92 bits per heavy atom. The van der Waals surface area contributed by atoms with Gasteiger partial charge in [0.1, 0.15) is 0 Å². The van der Waals surface area contributed by atoms with E-state index >= 15 is 0 Å². The van der Waals surface area contributed by atoms with Gasteiger partial charge >= 0.3 is 0 Å². The van der Waals surface area contributed by atoms with Crippen LogP contribution in [-0.2, 0) is 4.79 Å². The van der Waals surface area contributed by atoms with Gasteiger partial charge in [0.2, 0.25) is 5.91 Å². The second-order valence-corrected chi connectivity index (χ2v) is 3.86. The topological polar surface area (TPSA) is 41.5 Å². The molecule has 0 aromatic heterocycles. The average molecular weight is 186 g/mol. The highest BCUT2D eigenvalue weighted by Crippen LogP contribution is 2.22. The molecule has 1 amide bonds. The van der Waals surface area contributed by atoms with Crippen molar-refractivity contribution in [1.29, 1.82) is 0 Å². The molecule has 1 unspecified atom stereocenters. The Hall–Kier alpha value is -0.510. The molecule has 3 nitrogen and oxygen atoms in total. The molecule has 1 heterocycles. The Bertz CT molecular complexity index is 203. The smallest absolute Gasteiger partial charge is 0.239 e. The molecule has 1 saturated heterocycles. The zero-order valence-electron chi connectivity index (χ0n) is 7.46. The maximum Gasteiger partial charge on any atom is 0.239 e. The van der Waals surface area contributed by atoms with E-state index in [0.29, 0.717) is 0 Å². The van der Waals surface area contributed by atoms with Crippen molar-refractivity contribution in [3.05, 3.63) is 0 Å². The van der Waals surface area contributed by atoms with Crippen molar-refractivity contribution in [3.8, 4) is 0 Å². The van der Waals surface area contributed by atoms with Gasteiger partial charge in [-0.3, -0.25) is 9.79 Å². The van der Waals surface area contributed by atoms with Gasteiger partial charge in [-0.25, -0.2) is 0 Å². The lowest BCUT2D eigenvalue weighted by Gasteiger charge is -1.99. The Morgan fingerprint density at radius 1 is 1.58 bits per heavy atom. The van der Waals surface area contributed by atoms with Crippen molar-refractivity contribution in [2.75, 3.05) is 6.54 Å². The molecule has 1 aliphatic rings. The molecular formula is C8H14N2OS. The fourth-order valence-corrected chi connectivity index (χ4v) is 2.23. The minimum Gasteiger partial charge on any atom is -0.304 e. The molecule has 1 rings (SSSR count). The first kappa shape index (κ1) is 9.58. The van der Waals surface area contributed by atoms with E-state index in [9.17, 15) is 4.79 Å². The monoisotopic (exact) mass is 186 g/mol. The lowest BCUT2D eigenvalue weighted by atomic mass is 10.2. The Balaban J connectivity index is 2.50. The van der Waals surface area contributed by atoms with E-state index in [4.69, 9.17) is 0 Å². The number of hydrogen-bond donors (Lipinski definition) is 1. The lowest BCUT2D eigenvalue weighted by Crippen LogP contribution is -2.24. The second kappa shape index (κ2) is 4.50. The standard InChI is InChI=1S/C8H14N2OS/c1-3-5-6-7(11)10-8(12-6)9-4-2/h6H,3-5H2,1-2H3,(H,9,10,11). The molecule has 68 valence electrons. The molecule has 0 spiro atoms.